The number of esters is 1. The molecule has 2 aromatic carbocycles. The summed E-state index contributed by atoms with van der Waals surface area (Å²) in [6, 6.07) is 10.6. The highest BCUT2D eigenvalue weighted by molar-refractivity contribution is 6.33. The van der Waals surface area contributed by atoms with Crippen molar-refractivity contribution in [1.82, 2.24) is 0 Å². The Bertz CT molecular complexity index is 903. The molecule has 0 aromatic heterocycles. The molecule has 2 N–H and O–H groups in total. The number of halogens is 4. The summed E-state index contributed by atoms with van der Waals surface area (Å²) in [4.78, 5) is 35.2. The Kier molecular flexibility index (Phi) is 7.60. The minimum absolute atomic E-state index is 0.0833. The van der Waals surface area contributed by atoms with Gasteiger partial charge in [0.05, 0.1) is 22.7 Å². The van der Waals surface area contributed by atoms with Gasteiger partial charge in [-0.2, -0.15) is 13.2 Å². The van der Waals surface area contributed by atoms with E-state index >= 15 is 0 Å². The van der Waals surface area contributed by atoms with Gasteiger partial charge in [-0.05, 0) is 30.3 Å². The molecule has 0 aliphatic heterocycles. The molecule has 0 unspecified atom stereocenters. The zero-order valence-electron chi connectivity index (χ0n) is 14.9. The number of alkyl halides is 3. The number of para-hydroxylation sites is 1. The summed E-state index contributed by atoms with van der Waals surface area (Å²) in [5.41, 5.74) is -0.607. The van der Waals surface area contributed by atoms with Gasteiger partial charge in [-0.25, -0.2) is 0 Å². The first-order valence-electron chi connectivity index (χ1n) is 8.32. The molecular weight excluding hydrogens is 413 g/mol. The monoisotopic (exact) mass is 428 g/mol. The molecule has 0 radical (unpaired) electrons. The topological polar surface area (TPSA) is 84.5 Å². The third-order valence-corrected chi connectivity index (χ3v) is 3.87. The highest BCUT2D eigenvalue weighted by Crippen LogP contribution is 2.30. The lowest BCUT2D eigenvalue weighted by Crippen LogP contribution is -2.22. The summed E-state index contributed by atoms with van der Waals surface area (Å²) in [6.45, 7) is -0.693. The van der Waals surface area contributed by atoms with Crippen molar-refractivity contribution in [1.29, 1.82) is 0 Å². The lowest BCUT2D eigenvalue weighted by Gasteiger charge is -2.10. The number of carbonyl (C=O) groups is 3. The second-order valence-electron chi connectivity index (χ2n) is 5.82. The van der Waals surface area contributed by atoms with Crippen LogP contribution in [-0.4, -0.2) is 24.4 Å². The first kappa shape index (κ1) is 22.2. The normalized spacial score (nSPS) is 10.9. The predicted octanol–water partition coefficient (Wildman–Crippen LogP) is 4.26. The Labute approximate surface area is 169 Å². The van der Waals surface area contributed by atoms with Crippen LogP contribution >= 0.6 is 11.6 Å². The molecule has 0 aliphatic rings. The zero-order valence-corrected chi connectivity index (χ0v) is 15.6. The molecule has 0 spiro atoms. The number of rotatable bonds is 7. The fourth-order valence-electron chi connectivity index (χ4n) is 2.18. The van der Waals surface area contributed by atoms with Crippen molar-refractivity contribution < 1.29 is 32.3 Å². The van der Waals surface area contributed by atoms with Crippen molar-refractivity contribution in [2.24, 2.45) is 0 Å². The van der Waals surface area contributed by atoms with Crippen molar-refractivity contribution in [3.63, 3.8) is 0 Å². The molecule has 0 saturated heterocycles. The molecule has 29 heavy (non-hydrogen) atoms. The van der Waals surface area contributed by atoms with Crippen molar-refractivity contribution in [2.75, 3.05) is 17.2 Å². The molecular formula is C19H16ClF3N2O4. The van der Waals surface area contributed by atoms with Gasteiger partial charge < -0.3 is 15.4 Å². The molecule has 0 aliphatic carbocycles. The SMILES string of the molecule is O=C(COC(=O)CCC(=O)Nc1ccccc1Cl)Nc1cccc(C(F)(F)F)c1. The summed E-state index contributed by atoms with van der Waals surface area (Å²) in [5.74, 6) is -2.08. The number of ether oxygens (including phenoxy) is 1. The number of hydrogen-bond acceptors (Lipinski definition) is 4. The second kappa shape index (κ2) is 9.92. The van der Waals surface area contributed by atoms with Crippen molar-refractivity contribution in [3.05, 3.63) is 59.1 Å². The third kappa shape index (κ3) is 7.46. The van der Waals surface area contributed by atoms with Crippen LogP contribution in [0.1, 0.15) is 18.4 Å². The quantitative estimate of drug-likeness (QED) is 0.645. The smallest absolute Gasteiger partial charge is 0.416 e. The summed E-state index contributed by atoms with van der Waals surface area (Å²) in [7, 11) is 0. The van der Waals surface area contributed by atoms with Crippen LogP contribution in [0.2, 0.25) is 5.02 Å². The van der Waals surface area contributed by atoms with E-state index in [1.165, 1.54) is 6.07 Å². The van der Waals surface area contributed by atoms with E-state index in [-0.39, 0.29) is 18.5 Å². The Morgan fingerprint density at radius 1 is 0.931 bits per heavy atom. The van der Waals surface area contributed by atoms with E-state index in [9.17, 15) is 27.6 Å². The van der Waals surface area contributed by atoms with Crippen molar-refractivity contribution >= 4 is 40.8 Å². The van der Waals surface area contributed by atoms with E-state index in [0.717, 1.165) is 18.2 Å². The molecule has 0 atom stereocenters. The molecule has 0 fully saturated rings. The zero-order chi connectivity index (χ0) is 21.4. The van der Waals surface area contributed by atoms with E-state index in [4.69, 9.17) is 16.3 Å². The van der Waals surface area contributed by atoms with Gasteiger partial charge in [-0.3, -0.25) is 14.4 Å². The Hall–Kier alpha value is -3.07. The maximum absolute atomic E-state index is 12.6. The van der Waals surface area contributed by atoms with Gasteiger partial charge in [0.15, 0.2) is 6.61 Å². The van der Waals surface area contributed by atoms with Gasteiger partial charge >= 0.3 is 12.1 Å². The summed E-state index contributed by atoms with van der Waals surface area (Å²) >= 11 is 5.90. The van der Waals surface area contributed by atoms with E-state index < -0.39 is 36.1 Å². The third-order valence-electron chi connectivity index (χ3n) is 3.54. The molecule has 2 aromatic rings. The number of nitrogens with one attached hydrogen (secondary N) is 2. The molecule has 0 saturated carbocycles. The summed E-state index contributed by atoms with van der Waals surface area (Å²) in [5, 5.41) is 5.08. The van der Waals surface area contributed by atoms with Crippen LogP contribution in [0.5, 0.6) is 0 Å². The molecule has 2 amide bonds. The van der Waals surface area contributed by atoms with Crippen LogP contribution in [0.3, 0.4) is 0 Å². The van der Waals surface area contributed by atoms with Gasteiger partial charge in [-0.15, -0.1) is 0 Å². The average Bonchev–Trinajstić information content (AvgIpc) is 2.66. The molecule has 0 bridgehead atoms. The van der Waals surface area contributed by atoms with Gasteiger partial charge in [0.25, 0.3) is 5.91 Å². The molecule has 6 nitrogen and oxygen atoms in total. The fourth-order valence-corrected chi connectivity index (χ4v) is 2.36. The Morgan fingerprint density at radius 3 is 2.34 bits per heavy atom. The fraction of sp³-hybridized carbons (Fsp3) is 0.211. The number of carbonyl (C=O) groups excluding carboxylic acids is 3. The van der Waals surface area contributed by atoms with Crippen LogP contribution in [0.4, 0.5) is 24.5 Å². The highest BCUT2D eigenvalue weighted by Gasteiger charge is 2.30. The van der Waals surface area contributed by atoms with E-state index in [1.807, 2.05) is 0 Å². The van der Waals surface area contributed by atoms with Crippen LogP contribution in [-0.2, 0) is 25.3 Å². The molecule has 154 valence electrons. The van der Waals surface area contributed by atoms with E-state index in [1.54, 1.807) is 24.3 Å². The lowest BCUT2D eigenvalue weighted by atomic mass is 10.2. The van der Waals surface area contributed by atoms with Crippen molar-refractivity contribution in [2.45, 2.75) is 19.0 Å². The van der Waals surface area contributed by atoms with Gasteiger partial charge in [0, 0.05) is 12.1 Å². The Morgan fingerprint density at radius 2 is 1.66 bits per heavy atom. The first-order valence-corrected chi connectivity index (χ1v) is 8.70. The highest BCUT2D eigenvalue weighted by atomic mass is 35.5. The maximum Gasteiger partial charge on any atom is 0.416 e. The minimum atomic E-state index is -4.54. The second-order valence-corrected chi connectivity index (χ2v) is 6.22. The molecule has 2 rings (SSSR count). The summed E-state index contributed by atoms with van der Waals surface area (Å²) in [6.07, 6.45) is -5.02. The number of anilines is 2. The average molecular weight is 429 g/mol. The minimum Gasteiger partial charge on any atom is -0.456 e. The van der Waals surface area contributed by atoms with E-state index in [0.29, 0.717) is 10.7 Å². The van der Waals surface area contributed by atoms with Crippen LogP contribution < -0.4 is 10.6 Å². The van der Waals surface area contributed by atoms with Gasteiger partial charge in [0.2, 0.25) is 5.91 Å². The largest absolute Gasteiger partial charge is 0.456 e. The predicted molar refractivity (Wildman–Crippen MR) is 100 cm³/mol. The van der Waals surface area contributed by atoms with Crippen LogP contribution in [0, 0.1) is 0 Å². The number of hydrogen-bond donors (Lipinski definition) is 2. The Balaban J connectivity index is 1.74. The maximum atomic E-state index is 12.6. The molecule has 10 heteroatoms. The van der Waals surface area contributed by atoms with Crippen LogP contribution in [0.25, 0.3) is 0 Å². The molecule has 0 heterocycles. The lowest BCUT2D eigenvalue weighted by molar-refractivity contribution is -0.147. The van der Waals surface area contributed by atoms with Crippen LogP contribution in [0.15, 0.2) is 48.5 Å². The van der Waals surface area contributed by atoms with Gasteiger partial charge in [-0.1, -0.05) is 29.8 Å². The number of amides is 2. The number of benzene rings is 2. The first-order chi connectivity index (χ1) is 13.6. The standard InChI is InChI=1S/C19H16ClF3N2O4/c20-14-6-1-2-7-15(14)25-16(26)8-9-18(28)29-11-17(27)24-13-5-3-4-12(10-13)19(21,22)23/h1-7,10H,8-9,11H2,(H,24,27)(H,25,26). The summed E-state index contributed by atoms with van der Waals surface area (Å²) < 4.78 is 42.7. The van der Waals surface area contributed by atoms with Crippen molar-refractivity contribution in [3.8, 4) is 0 Å². The van der Waals surface area contributed by atoms with Gasteiger partial charge in [0.1, 0.15) is 0 Å². The van der Waals surface area contributed by atoms with E-state index in [2.05, 4.69) is 10.6 Å².